The highest BCUT2D eigenvalue weighted by molar-refractivity contribution is 5.11. The van der Waals surface area contributed by atoms with Crippen LogP contribution < -0.4 is 5.32 Å². The van der Waals surface area contributed by atoms with Crippen molar-refractivity contribution in [3.63, 3.8) is 0 Å². The Hall–Kier alpha value is -0.830. The third-order valence-corrected chi connectivity index (χ3v) is 5.28. The van der Waals surface area contributed by atoms with Crippen molar-refractivity contribution in [1.29, 1.82) is 0 Å². The number of rotatable bonds is 6. The fraction of sp³-hybridized carbons (Fsp3) is 0.824. The van der Waals surface area contributed by atoms with Gasteiger partial charge < -0.3 is 5.32 Å². The second-order valence-corrected chi connectivity index (χ2v) is 6.90. The van der Waals surface area contributed by atoms with Gasteiger partial charge in [0.25, 0.3) is 0 Å². The molecule has 1 N–H and O–H groups in total. The molecule has 2 saturated carbocycles. The maximum absolute atomic E-state index is 4.40. The highest BCUT2D eigenvalue weighted by Crippen LogP contribution is 2.42. The van der Waals surface area contributed by atoms with E-state index in [-0.39, 0.29) is 0 Å². The summed E-state index contributed by atoms with van der Waals surface area (Å²) in [5.41, 5.74) is 1.45. The van der Waals surface area contributed by atoms with E-state index in [1.54, 1.807) is 0 Å². The normalized spacial score (nSPS) is 30.6. The molecule has 112 valence electrons. The molecule has 1 heterocycles. The lowest BCUT2D eigenvalue weighted by Crippen LogP contribution is -2.33. The number of nitrogens with zero attached hydrogens (tertiary/aromatic N) is 2. The summed E-state index contributed by atoms with van der Waals surface area (Å²) >= 11 is 0. The fourth-order valence-corrected chi connectivity index (χ4v) is 3.95. The molecule has 2 aliphatic carbocycles. The lowest BCUT2D eigenvalue weighted by atomic mass is 9.71. The Kier molecular flexibility index (Phi) is 4.45. The number of aryl methyl sites for hydroxylation is 1. The lowest BCUT2D eigenvalue weighted by molar-refractivity contribution is 0.213. The van der Waals surface area contributed by atoms with Crippen LogP contribution in [-0.4, -0.2) is 22.4 Å². The predicted molar refractivity (Wildman–Crippen MR) is 82.7 cm³/mol. The van der Waals surface area contributed by atoms with E-state index in [9.17, 15) is 0 Å². The summed E-state index contributed by atoms with van der Waals surface area (Å²) in [6.45, 7) is 3.53. The van der Waals surface area contributed by atoms with E-state index in [0.717, 1.165) is 17.9 Å². The van der Waals surface area contributed by atoms with Crippen molar-refractivity contribution in [3.8, 4) is 0 Å². The van der Waals surface area contributed by atoms with Crippen LogP contribution >= 0.6 is 0 Å². The molecule has 2 fully saturated rings. The first kappa shape index (κ1) is 14.1. The largest absolute Gasteiger partial charge is 0.314 e. The molecule has 0 radical (unpaired) electrons. The van der Waals surface area contributed by atoms with Gasteiger partial charge in [0, 0.05) is 30.9 Å². The van der Waals surface area contributed by atoms with E-state index < -0.39 is 0 Å². The van der Waals surface area contributed by atoms with Crippen LogP contribution in [0.3, 0.4) is 0 Å². The van der Waals surface area contributed by atoms with Gasteiger partial charge in [-0.25, -0.2) is 0 Å². The van der Waals surface area contributed by atoms with Crippen molar-refractivity contribution in [2.24, 2.45) is 18.9 Å². The first-order valence-corrected chi connectivity index (χ1v) is 8.49. The monoisotopic (exact) mass is 275 g/mol. The molecular weight excluding hydrogens is 246 g/mol. The Balaban J connectivity index is 1.68. The molecule has 3 heteroatoms. The summed E-state index contributed by atoms with van der Waals surface area (Å²) in [7, 11) is 2.10. The van der Waals surface area contributed by atoms with Gasteiger partial charge in [-0.15, -0.1) is 0 Å². The summed E-state index contributed by atoms with van der Waals surface area (Å²) in [6.07, 6.45) is 11.7. The molecule has 3 unspecified atom stereocenters. The van der Waals surface area contributed by atoms with Gasteiger partial charge in [-0.05, 0) is 50.1 Å². The van der Waals surface area contributed by atoms with E-state index in [1.165, 1.54) is 57.2 Å². The minimum atomic E-state index is 0.707. The Morgan fingerprint density at radius 2 is 2.15 bits per heavy atom. The molecule has 3 atom stereocenters. The SMILES string of the molecule is CCCC1CCC(CNC2CC2)C(c2ccnn2C)C1. The van der Waals surface area contributed by atoms with Gasteiger partial charge in [-0.2, -0.15) is 5.10 Å². The number of aromatic nitrogens is 2. The maximum Gasteiger partial charge on any atom is 0.0492 e. The minimum Gasteiger partial charge on any atom is -0.314 e. The van der Waals surface area contributed by atoms with Gasteiger partial charge in [0.1, 0.15) is 0 Å². The summed E-state index contributed by atoms with van der Waals surface area (Å²) in [4.78, 5) is 0. The van der Waals surface area contributed by atoms with Crippen LogP contribution in [0.4, 0.5) is 0 Å². The van der Waals surface area contributed by atoms with Crippen LogP contribution in [0.5, 0.6) is 0 Å². The number of nitrogens with one attached hydrogen (secondary N) is 1. The zero-order valence-corrected chi connectivity index (χ0v) is 13.0. The zero-order chi connectivity index (χ0) is 13.9. The maximum atomic E-state index is 4.40. The Labute approximate surface area is 123 Å². The molecule has 0 aromatic carbocycles. The van der Waals surface area contributed by atoms with Crippen LogP contribution in [0.2, 0.25) is 0 Å². The van der Waals surface area contributed by atoms with Crippen LogP contribution in [0, 0.1) is 11.8 Å². The lowest BCUT2D eigenvalue weighted by Gasteiger charge is -2.36. The van der Waals surface area contributed by atoms with E-state index in [0.29, 0.717) is 5.92 Å². The molecule has 3 rings (SSSR count). The van der Waals surface area contributed by atoms with E-state index in [2.05, 4.69) is 35.1 Å². The Morgan fingerprint density at radius 1 is 1.30 bits per heavy atom. The molecule has 0 amide bonds. The Morgan fingerprint density at radius 3 is 2.80 bits per heavy atom. The van der Waals surface area contributed by atoms with Crippen LogP contribution in [0.25, 0.3) is 0 Å². The van der Waals surface area contributed by atoms with Crippen molar-refractivity contribution in [1.82, 2.24) is 15.1 Å². The first-order valence-electron chi connectivity index (χ1n) is 8.49. The molecule has 0 saturated heterocycles. The first-order chi connectivity index (χ1) is 9.78. The molecule has 1 aromatic rings. The summed E-state index contributed by atoms with van der Waals surface area (Å²) < 4.78 is 2.10. The standard InChI is InChI=1S/C17H29N3/c1-3-4-13-5-6-14(12-18-15-7-8-15)16(11-13)17-9-10-19-20(17)2/h9-10,13-16,18H,3-8,11-12H2,1-2H3. The van der Waals surface area contributed by atoms with E-state index >= 15 is 0 Å². The molecular formula is C17H29N3. The van der Waals surface area contributed by atoms with Gasteiger partial charge in [0.05, 0.1) is 0 Å². The van der Waals surface area contributed by atoms with Crippen LogP contribution in [0.1, 0.15) is 63.5 Å². The molecule has 0 spiro atoms. The van der Waals surface area contributed by atoms with Gasteiger partial charge in [-0.1, -0.05) is 26.2 Å². The van der Waals surface area contributed by atoms with Crippen molar-refractivity contribution >= 4 is 0 Å². The third kappa shape index (κ3) is 3.25. The minimum absolute atomic E-state index is 0.707. The third-order valence-electron chi connectivity index (χ3n) is 5.28. The highest BCUT2D eigenvalue weighted by atomic mass is 15.3. The van der Waals surface area contributed by atoms with E-state index in [1.807, 2.05) is 6.20 Å². The average molecular weight is 275 g/mol. The highest BCUT2D eigenvalue weighted by Gasteiger charge is 2.33. The molecule has 3 nitrogen and oxygen atoms in total. The van der Waals surface area contributed by atoms with Gasteiger partial charge >= 0.3 is 0 Å². The number of hydrogen-bond donors (Lipinski definition) is 1. The van der Waals surface area contributed by atoms with Crippen molar-refractivity contribution < 1.29 is 0 Å². The Bertz CT molecular complexity index is 422. The molecule has 2 aliphatic rings. The van der Waals surface area contributed by atoms with E-state index in [4.69, 9.17) is 0 Å². The molecule has 0 aliphatic heterocycles. The molecule has 1 aromatic heterocycles. The summed E-state index contributed by atoms with van der Waals surface area (Å²) in [5.74, 6) is 2.44. The second kappa shape index (κ2) is 6.30. The zero-order valence-electron chi connectivity index (χ0n) is 13.0. The second-order valence-electron chi connectivity index (χ2n) is 6.90. The van der Waals surface area contributed by atoms with Crippen LogP contribution in [0.15, 0.2) is 12.3 Å². The molecule has 20 heavy (non-hydrogen) atoms. The topological polar surface area (TPSA) is 29.9 Å². The van der Waals surface area contributed by atoms with Gasteiger partial charge in [0.15, 0.2) is 0 Å². The average Bonchev–Trinajstić information content (AvgIpc) is 3.18. The van der Waals surface area contributed by atoms with Crippen LogP contribution in [-0.2, 0) is 7.05 Å². The fourth-order valence-electron chi connectivity index (χ4n) is 3.95. The summed E-state index contributed by atoms with van der Waals surface area (Å²) in [5, 5.41) is 8.16. The predicted octanol–water partition coefficient (Wildman–Crippen LogP) is 3.47. The number of hydrogen-bond acceptors (Lipinski definition) is 2. The van der Waals surface area contributed by atoms with Gasteiger partial charge in [-0.3, -0.25) is 4.68 Å². The van der Waals surface area contributed by atoms with Crippen molar-refractivity contribution in [2.45, 2.75) is 63.8 Å². The van der Waals surface area contributed by atoms with Gasteiger partial charge in [0.2, 0.25) is 0 Å². The quantitative estimate of drug-likeness (QED) is 0.861. The molecule has 0 bridgehead atoms. The smallest absolute Gasteiger partial charge is 0.0492 e. The van der Waals surface area contributed by atoms with Crippen molar-refractivity contribution in [3.05, 3.63) is 18.0 Å². The summed E-state index contributed by atoms with van der Waals surface area (Å²) in [6, 6.07) is 3.07. The van der Waals surface area contributed by atoms with Crippen molar-refractivity contribution in [2.75, 3.05) is 6.54 Å².